The number of anilines is 3. The molecule has 0 heterocycles. The van der Waals surface area contributed by atoms with E-state index in [4.69, 9.17) is 0 Å². The zero-order valence-electron chi connectivity index (χ0n) is 30.6. The number of rotatable bonds is 7. The van der Waals surface area contributed by atoms with Gasteiger partial charge in [-0.1, -0.05) is 142 Å². The summed E-state index contributed by atoms with van der Waals surface area (Å²) in [7, 11) is 0. The largest absolute Gasteiger partial charge is 0.356 e. The molecule has 0 fully saturated rings. The van der Waals surface area contributed by atoms with Crippen LogP contribution in [0.25, 0.3) is 16.8 Å². The average Bonchev–Trinajstić information content (AvgIpc) is 3.15. The fourth-order valence-electron chi connectivity index (χ4n) is 8.14. The van der Waals surface area contributed by atoms with Crippen LogP contribution in [0.1, 0.15) is 63.3 Å². The van der Waals surface area contributed by atoms with Crippen LogP contribution in [0.4, 0.5) is 17.1 Å². The van der Waals surface area contributed by atoms with Crippen LogP contribution in [-0.2, 0) is 17.4 Å². The Morgan fingerprint density at radius 2 is 1.29 bits per heavy atom. The summed E-state index contributed by atoms with van der Waals surface area (Å²) in [6, 6.07) is 43.1. The molecule has 8 rings (SSSR count). The Morgan fingerprint density at radius 3 is 2.08 bits per heavy atom. The van der Waals surface area contributed by atoms with Crippen LogP contribution in [0, 0.1) is 5.92 Å². The molecular weight excluding hydrogens is 617 g/mol. The van der Waals surface area contributed by atoms with E-state index in [1.807, 2.05) is 0 Å². The fraction of sp³-hybridized carbons (Fsp3) is 0.224. The molecule has 0 aliphatic heterocycles. The van der Waals surface area contributed by atoms with Gasteiger partial charge in [0.2, 0.25) is 0 Å². The molecular formula is C49H48N2. The molecule has 51 heavy (non-hydrogen) atoms. The van der Waals surface area contributed by atoms with Crippen LogP contribution < -0.4 is 9.80 Å². The molecule has 2 heteroatoms. The molecule has 0 bridgehead atoms. The molecule has 0 aromatic heterocycles. The minimum atomic E-state index is -0.274. The van der Waals surface area contributed by atoms with Gasteiger partial charge in [-0.3, -0.25) is 0 Å². The highest BCUT2D eigenvalue weighted by atomic mass is 15.2. The Labute approximate surface area is 304 Å². The van der Waals surface area contributed by atoms with Gasteiger partial charge >= 0.3 is 0 Å². The lowest BCUT2D eigenvalue weighted by Gasteiger charge is -2.46. The first-order chi connectivity index (χ1) is 24.6. The van der Waals surface area contributed by atoms with Crippen molar-refractivity contribution < 1.29 is 0 Å². The Balaban J connectivity index is 1.21. The van der Waals surface area contributed by atoms with Crippen molar-refractivity contribution in [2.75, 3.05) is 9.80 Å². The molecule has 0 spiro atoms. The van der Waals surface area contributed by atoms with Gasteiger partial charge in [0.25, 0.3) is 0 Å². The van der Waals surface area contributed by atoms with Gasteiger partial charge in [0, 0.05) is 28.7 Å². The molecule has 0 radical (unpaired) electrons. The van der Waals surface area contributed by atoms with Crippen LogP contribution in [0.3, 0.4) is 0 Å². The Bertz CT molecular complexity index is 2220. The maximum Gasteiger partial charge on any atom is 0.0603 e. The molecule has 3 aliphatic rings. The Kier molecular flexibility index (Phi) is 8.43. The third-order valence-electron chi connectivity index (χ3n) is 11.1. The van der Waals surface area contributed by atoms with Gasteiger partial charge in [0.15, 0.2) is 0 Å². The summed E-state index contributed by atoms with van der Waals surface area (Å²) in [5.41, 5.74) is 11.3. The van der Waals surface area contributed by atoms with Gasteiger partial charge in [-0.15, -0.1) is 0 Å². The standard InChI is InChI=1S/C49H48N2/c1-48(2,3)41-21-23-42(24-22-41)49(4,5)51(47-27-20-37-14-8-11-17-40(37)34-47)44-30-28-43(29-31-44)50(45-25-18-35-12-6-9-15-38(35)32-45)46-26-19-36-13-7-10-16-39(36)33-46/h6-18,20-33,36,47H,19,34H2,1-5H3. The lowest BCUT2D eigenvalue weighted by atomic mass is 9.82. The van der Waals surface area contributed by atoms with Gasteiger partial charge < -0.3 is 9.80 Å². The maximum atomic E-state index is 2.64. The predicted molar refractivity (Wildman–Crippen MR) is 219 cm³/mol. The summed E-state index contributed by atoms with van der Waals surface area (Å²) in [4.78, 5) is 5.07. The molecule has 2 atom stereocenters. The number of nitrogens with zero attached hydrogens (tertiary/aromatic N) is 2. The molecule has 254 valence electrons. The predicted octanol–water partition coefficient (Wildman–Crippen LogP) is 12.6. The van der Waals surface area contributed by atoms with E-state index in [0.29, 0.717) is 5.92 Å². The monoisotopic (exact) mass is 664 g/mol. The molecule has 0 saturated heterocycles. The highest BCUT2D eigenvalue weighted by Gasteiger charge is 2.35. The van der Waals surface area contributed by atoms with Crippen LogP contribution in [0.2, 0.25) is 0 Å². The zero-order valence-corrected chi connectivity index (χ0v) is 30.6. The van der Waals surface area contributed by atoms with E-state index in [1.165, 1.54) is 55.7 Å². The average molecular weight is 665 g/mol. The highest BCUT2D eigenvalue weighted by Crippen LogP contribution is 2.42. The second kappa shape index (κ2) is 13.1. The van der Waals surface area contributed by atoms with E-state index in [2.05, 4.69) is 208 Å². The molecule has 0 amide bonds. The van der Waals surface area contributed by atoms with Gasteiger partial charge in [-0.2, -0.15) is 0 Å². The second-order valence-corrected chi connectivity index (χ2v) is 15.8. The maximum absolute atomic E-state index is 2.64. The van der Waals surface area contributed by atoms with E-state index >= 15 is 0 Å². The SMILES string of the molecule is CC(C)(C)c1ccc(C(C)(C)N(c2ccc(N(C3=CCC4C=CC=CC4=C3)c3ccc4ccccc4c3)cc2)C2C=Cc3ccccc3C2)cc1. The first-order valence-electron chi connectivity index (χ1n) is 18.5. The zero-order chi connectivity index (χ0) is 35.2. The minimum Gasteiger partial charge on any atom is -0.356 e. The molecule has 0 N–H and O–H groups in total. The van der Waals surface area contributed by atoms with Crippen LogP contribution >= 0.6 is 0 Å². The summed E-state index contributed by atoms with van der Waals surface area (Å²) < 4.78 is 0. The Morgan fingerprint density at radius 1 is 0.608 bits per heavy atom. The third kappa shape index (κ3) is 6.40. The van der Waals surface area contributed by atoms with Crippen molar-refractivity contribution in [2.45, 2.75) is 64.5 Å². The Hall–Kier alpha value is -5.34. The van der Waals surface area contributed by atoms with Crippen molar-refractivity contribution >= 4 is 33.9 Å². The topological polar surface area (TPSA) is 6.48 Å². The van der Waals surface area contributed by atoms with Gasteiger partial charge in [0.05, 0.1) is 11.6 Å². The normalized spacial score (nSPS) is 18.1. The number of hydrogen-bond donors (Lipinski definition) is 0. The van der Waals surface area contributed by atoms with Crippen molar-refractivity contribution in [3.8, 4) is 0 Å². The number of allylic oxidation sites excluding steroid dienone is 7. The lowest BCUT2D eigenvalue weighted by molar-refractivity contribution is 0.446. The van der Waals surface area contributed by atoms with Gasteiger partial charge in [-0.25, -0.2) is 0 Å². The molecule has 2 nitrogen and oxygen atoms in total. The molecule has 2 unspecified atom stereocenters. The van der Waals surface area contributed by atoms with Gasteiger partial charge in [-0.05, 0) is 113 Å². The molecule has 3 aliphatic carbocycles. The van der Waals surface area contributed by atoms with Crippen LogP contribution in [0.5, 0.6) is 0 Å². The van der Waals surface area contributed by atoms with Gasteiger partial charge in [0.1, 0.15) is 0 Å². The molecule has 5 aromatic rings. The van der Waals surface area contributed by atoms with E-state index in [9.17, 15) is 0 Å². The van der Waals surface area contributed by atoms with Crippen molar-refractivity contribution in [1.82, 2.24) is 0 Å². The number of fused-ring (bicyclic) bond motifs is 3. The van der Waals surface area contributed by atoms with Crippen LogP contribution in [-0.4, -0.2) is 6.04 Å². The second-order valence-electron chi connectivity index (χ2n) is 15.8. The third-order valence-corrected chi connectivity index (χ3v) is 11.1. The number of hydrogen-bond acceptors (Lipinski definition) is 2. The molecule has 0 saturated carbocycles. The minimum absolute atomic E-state index is 0.111. The van der Waals surface area contributed by atoms with Crippen molar-refractivity contribution in [3.05, 3.63) is 191 Å². The first kappa shape index (κ1) is 32.8. The smallest absolute Gasteiger partial charge is 0.0603 e. The lowest BCUT2D eigenvalue weighted by Crippen LogP contribution is -2.49. The van der Waals surface area contributed by atoms with E-state index in [1.54, 1.807) is 0 Å². The van der Waals surface area contributed by atoms with E-state index in [-0.39, 0.29) is 17.0 Å². The highest BCUT2D eigenvalue weighted by molar-refractivity contribution is 5.88. The van der Waals surface area contributed by atoms with E-state index < -0.39 is 0 Å². The first-order valence-corrected chi connectivity index (χ1v) is 18.5. The van der Waals surface area contributed by atoms with Crippen LogP contribution in [0.15, 0.2) is 169 Å². The summed E-state index contributed by atoms with van der Waals surface area (Å²) in [6.07, 6.45) is 20.4. The summed E-state index contributed by atoms with van der Waals surface area (Å²) in [5.74, 6) is 0.446. The summed E-state index contributed by atoms with van der Waals surface area (Å²) >= 11 is 0. The summed E-state index contributed by atoms with van der Waals surface area (Å²) in [6.45, 7) is 11.6. The number of benzene rings is 5. The quantitative estimate of drug-likeness (QED) is 0.171. The van der Waals surface area contributed by atoms with Crippen molar-refractivity contribution in [2.24, 2.45) is 5.92 Å². The fourth-order valence-corrected chi connectivity index (χ4v) is 8.14. The van der Waals surface area contributed by atoms with Crippen molar-refractivity contribution in [3.63, 3.8) is 0 Å². The molecule has 5 aromatic carbocycles. The van der Waals surface area contributed by atoms with E-state index in [0.717, 1.165) is 18.5 Å². The van der Waals surface area contributed by atoms with Crippen molar-refractivity contribution in [1.29, 1.82) is 0 Å². The summed E-state index contributed by atoms with van der Waals surface area (Å²) in [5, 5.41) is 2.50.